The molecule has 7 nitrogen and oxygen atoms in total. The summed E-state index contributed by atoms with van der Waals surface area (Å²) < 4.78 is 15.4. The molecule has 1 saturated heterocycles. The lowest BCUT2D eigenvalue weighted by molar-refractivity contribution is -0.121. The van der Waals surface area contributed by atoms with Gasteiger partial charge in [-0.1, -0.05) is 42.1 Å². The summed E-state index contributed by atoms with van der Waals surface area (Å²) in [5.41, 5.74) is 1.72. The van der Waals surface area contributed by atoms with E-state index in [9.17, 15) is 14.0 Å². The van der Waals surface area contributed by atoms with Gasteiger partial charge in [-0.15, -0.1) is 10.2 Å². The van der Waals surface area contributed by atoms with Crippen molar-refractivity contribution < 1.29 is 14.0 Å². The Morgan fingerprint density at radius 2 is 1.93 bits per heavy atom. The molecule has 2 heterocycles. The molecule has 1 aliphatic heterocycles. The average molecular weight is 411 g/mol. The highest BCUT2D eigenvalue weighted by molar-refractivity contribution is 7.98. The Morgan fingerprint density at radius 1 is 1.10 bits per heavy atom. The van der Waals surface area contributed by atoms with E-state index in [1.807, 2.05) is 41.0 Å². The smallest absolute Gasteiger partial charge is 0.321 e. The predicted molar refractivity (Wildman–Crippen MR) is 106 cm³/mol. The molecule has 0 radical (unpaired) electrons. The topological polar surface area (TPSA) is 88.9 Å². The summed E-state index contributed by atoms with van der Waals surface area (Å²) in [6.45, 7) is 0. The zero-order valence-corrected chi connectivity index (χ0v) is 16.2. The number of carbonyl (C=O) groups excluding carboxylic acids is 2. The molecule has 3 aromatic rings. The molecule has 1 aromatic heterocycles. The number of carbonyl (C=O) groups is 2. The number of hydrogen-bond donors (Lipinski definition) is 2. The highest BCUT2D eigenvalue weighted by Crippen LogP contribution is 2.26. The van der Waals surface area contributed by atoms with Gasteiger partial charge in [0.25, 0.3) is 0 Å². The first-order chi connectivity index (χ1) is 14.1. The Kier molecular flexibility index (Phi) is 5.57. The number of benzene rings is 2. The molecule has 1 unspecified atom stereocenters. The second-order valence-corrected chi connectivity index (χ2v) is 7.56. The fraction of sp³-hybridized carbons (Fsp3) is 0.200. The molecule has 2 N–H and O–H groups in total. The molecule has 0 saturated carbocycles. The van der Waals surface area contributed by atoms with Gasteiger partial charge in [-0.3, -0.25) is 14.7 Å². The molecule has 1 fully saturated rings. The fourth-order valence-electron chi connectivity index (χ4n) is 3.15. The van der Waals surface area contributed by atoms with Crippen LogP contribution in [0.5, 0.6) is 0 Å². The van der Waals surface area contributed by atoms with Gasteiger partial charge in [-0.05, 0) is 29.8 Å². The van der Waals surface area contributed by atoms with E-state index in [0.717, 1.165) is 11.3 Å². The maximum absolute atomic E-state index is 13.5. The van der Waals surface area contributed by atoms with Gasteiger partial charge in [0.15, 0.2) is 5.16 Å². The van der Waals surface area contributed by atoms with Crippen LogP contribution in [0.15, 0.2) is 59.8 Å². The van der Waals surface area contributed by atoms with Crippen molar-refractivity contribution in [3.05, 3.63) is 71.8 Å². The summed E-state index contributed by atoms with van der Waals surface area (Å²) >= 11 is 1.44. The molecule has 1 atom stereocenters. The first kappa shape index (κ1) is 19.1. The molecule has 0 bridgehead atoms. The maximum atomic E-state index is 13.5. The molecule has 29 heavy (non-hydrogen) atoms. The molecular weight excluding hydrogens is 393 g/mol. The third-order valence-electron chi connectivity index (χ3n) is 4.42. The predicted octanol–water partition coefficient (Wildman–Crippen LogP) is 2.84. The van der Waals surface area contributed by atoms with Crippen molar-refractivity contribution in [2.24, 2.45) is 0 Å². The van der Waals surface area contributed by atoms with Gasteiger partial charge in [0.1, 0.15) is 11.6 Å². The summed E-state index contributed by atoms with van der Waals surface area (Å²) in [6.07, 6.45) is 0.542. The number of amides is 3. The van der Waals surface area contributed by atoms with E-state index in [1.165, 1.54) is 23.9 Å². The van der Waals surface area contributed by atoms with Gasteiger partial charge >= 0.3 is 6.03 Å². The molecule has 0 aliphatic carbocycles. The molecule has 2 aromatic carbocycles. The Bertz CT molecular complexity index is 1020. The molecule has 3 amide bonds. The number of nitrogens with one attached hydrogen (secondary N) is 2. The van der Waals surface area contributed by atoms with Crippen LogP contribution < -0.4 is 10.6 Å². The number of nitrogens with zero attached hydrogens (tertiary/aromatic N) is 3. The zero-order chi connectivity index (χ0) is 20.2. The van der Waals surface area contributed by atoms with E-state index < -0.39 is 6.03 Å². The van der Waals surface area contributed by atoms with Gasteiger partial charge in [0.05, 0.1) is 0 Å². The summed E-state index contributed by atoms with van der Waals surface area (Å²) in [4.78, 5) is 23.3. The van der Waals surface area contributed by atoms with Crippen LogP contribution in [-0.2, 0) is 17.0 Å². The molecular formula is C20H18FN5O2S. The quantitative estimate of drug-likeness (QED) is 0.609. The van der Waals surface area contributed by atoms with E-state index in [0.29, 0.717) is 23.2 Å². The lowest BCUT2D eigenvalue weighted by Gasteiger charge is -2.23. The minimum atomic E-state index is -0.502. The van der Waals surface area contributed by atoms with E-state index in [2.05, 4.69) is 20.8 Å². The van der Waals surface area contributed by atoms with Gasteiger partial charge < -0.3 is 5.32 Å². The Morgan fingerprint density at radius 3 is 2.69 bits per heavy atom. The maximum Gasteiger partial charge on any atom is 0.321 e. The van der Waals surface area contributed by atoms with Crippen molar-refractivity contribution in [1.29, 1.82) is 0 Å². The minimum absolute atomic E-state index is 0.180. The van der Waals surface area contributed by atoms with E-state index in [-0.39, 0.29) is 24.2 Å². The average Bonchev–Trinajstić information content (AvgIpc) is 3.08. The van der Waals surface area contributed by atoms with Crippen LogP contribution in [0.4, 0.5) is 9.18 Å². The summed E-state index contributed by atoms with van der Waals surface area (Å²) in [5, 5.41) is 14.2. The molecule has 4 rings (SSSR count). The van der Waals surface area contributed by atoms with Gasteiger partial charge in [-0.25, -0.2) is 9.18 Å². The van der Waals surface area contributed by atoms with Crippen molar-refractivity contribution in [2.45, 2.75) is 29.8 Å². The zero-order valence-electron chi connectivity index (χ0n) is 15.3. The van der Waals surface area contributed by atoms with E-state index in [1.54, 1.807) is 6.07 Å². The normalized spacial score (nSPS) is 16.4. The lowest BCUT2D eigenvalue weighted by atomic mass is 10.1. The number of urea groups is 1. The van der Waals surface area contributed by atoms with E-state index >= 15 is 0 Å². The third kappa shape index (κ3) is 4.62. The van der Waals surface area contributed by atoms with Gasteiger partial charge in [0.2, 0.25) is 5.91 Å². The monoisotopic (exact) mass is 411 g/mol. The van der Waals surface area contributed by atoms with Gasteiger partial charge in [-0.2, -0.15) is 0 Å². The second-order valence-electron chi connectivity index (χ2n) is 6.62. The van der Waals surface area contributed by atoms with Crippen molar-refractivity contribution in [1.82, 2.24) is 25.4 Å². The molecule has 1 aliphatic rings. The SMILES string of the molecule is O=C1CC(Cc2nnc(SCc3cccc(F)c3)n2-c2ccccc2)NC(=O)N1. The number of rotatable bonds is 6. The Balaban J connectivity index is 1.60. The lowest BCUT2D eigenvalue weighted by Crippen LogP contribution is -2.53. The van der Waals surface area contributed by atoms with E-state index in [4.69, 9.17) is 0 Å². The van der Waals surface area contributed by atoms with Crippen LogP contribution in [0.1, 0.15) is 17.8 Å². The van der Waals surface area contributed by atoms with Crippen LogP contribution >= 0.6 is 11.8 Å². The first-order valence-electron chi connectivity index (χ1n) is 9.06. The summed E-state index contributed by atoms with van der Waals surface area (Å²) in [5.74, 6) is 0.577. The van der Waals surface area contributed by atoms with Crippen molar-refractivity contribution in [3.63, 3.8) is 0 Å². The summed E-state index contributed by atoms with van der Waals surface area (Å²) in [6, 6.07) is 15.2. The highest BCUT2D eigenvalue weighted by Gasteiger charge is 2.26. The van der Waals surface area contributed by atoms with Crippen LogP contribution in [-0.4, -0.2) is 32.7 Å². The largest absolute Gasteiger partial charge is 0.334 e. The Labute approximate surface area is 170 Å². The number of thioether (sulfide) groups is 1. The van der Waals surface area contributed by atoms with Crippen LogP contribution in [0, 0.1) is 5.82 Å². The van der Waals surface area contributed by atoms with Crippen molar-refractivity contribution in [3.8, 4) is 5.69 Å². The molecule has 148 valence electrons. The number of hydrogen-bond acceptors (Lipinski definition) is 5. The van der Waals surface area contributed by atoms with Crippen LogP contribution in [0.3, 0.4) is 0 Å². The number of halogens is 1. The number of para-hydroxylation sites is 1. The van der Waals surface area contributed by atoms with Crippen LogP contribution in [0.2, 0.25) is 0 Å². The van der Waals surface area contributed by atoms with Crippen molar-refractivity contribution in [2.75, 3.05) is 0 Å². The highest BCUT2D eigenvalue weighted by atomic mass is 32.2. The van der Waals surface area contributed by atoms with Crippen LogP contribution in [0.25, 0.3) is 5.69 Å². The third-order valence-corrected chi connectivity index (χ3v) is 5.42. The number of imide groups is 1. The summed E-state index contributed by atoms with van der Waals surface area (Å²) in [7, 11) is 0. The number of aromatic nitrogens is 3. The molecule has 0 spiro atoms. The minimum Gasteiger partial charge on any atom is -0.334 e. The fourth-order valence-corrected chi connectivity index (χ4v) is 4.07. The second kappa shape index (κ2) is 8.44. The standard InChI is InChI=1S/C20H18FN5O2S/c21-14-6-4-5-13(9-14)12-29-20-25-24-17(26(20)16-7-2-1-3-8-16)10-15-11-18(27)23-19(28)22-15/h1-9,15H,10-12H2,(H2,22,23,27,28). The Hall–Kier alpha value is -3.20. The van der Waals surface area contributed by atoms with Crippen molar-refractivity contribution >= 4 is 23.7 Å². The van der Waals surface area contributed by atoms with Gasteiger partial charge in [0, 0.05) is 30.3 Å². The molecule has 9 heteroatoms. The first-order valence-corrected chi connectivity index (χ1v) is 10.0.